The number of hydrogen-bond donors (Lipinski definition) is 2. The highest BCUT2D eigenvalue weighted by atomic mass is 32.2. The van der Waals surface area contributed by atoms with Crippen LogP contribution in [0.15, 0.2) is 46.1 Å². The van der Waals surface area contributed by atoms with Gasteiger partial charge in [0.15, 0.2) is 4.34 Å². The number of thiophene rings is 1. The molecule has 164 valence electrons. The first-order valence-electron chi connectivity index (χ1n) is 10.0. The van der Waals surface area contributed by atoms with Gasteiger partial charge in [0, 0.05) is 35.8 Å². The molecule has 7 nitrogen and oxygen atoms in total. The summed E-state index contributed by atoms with van der Waals surface area (Å²) in [6.07, 6.45) is 0.942. The number of rotatable bonds is 11. The third-order valence-corrected chi connectivity index (χ3v) is 7.36. The van der Waals surface area contributed by atoms with Gasteiger partial charge < -0.3 is 15.5 Å². The van der Waals surface area contributed by atoms with Crippen LogP contribution in [-0.4, -0.2) is 52.3 Å². The summed E-state index contributed by atoms with van der Waals surface area (Å²) in [6.45, 7) is 5.98. The number of nitrogens with zero attached hydrogens (tertiary/aromatic N) is 3. The highest BCUT2D eigenvalue weighted by Gasteiger charge is 2.14. The lowest BCUT2D eigenvalue weighted by molar-refractivity contribution is -0.113. The topological polar surface area (TPSA) is 87.2 Å². The van der Waals surface area contributed by atoms with Gasteiger partial charge in [0.2, 0.25) is 11.0 Å². The Hall–Kier alpha value is -2.43. The van der Waals surface area contributed by atoms with Gasteiger partial charge in [-0.3, -0.25) is 9.59 Å². The van der Waals surface area contributed by atoms with Crippen LogP contribution in [0.25, 0.3) is 0 Å². The van der Waals surface area contributed by atoms with E-state index in [-0.39, 0.29) is 17.6 Å². The fraction of sp³-hybridized carbons (Fsp3) is 0.333. The summed E-state index contributed by atoms with van der Waals surface area (Å²) >= 11 is 4.52. The highest BCUT2D eigenvalue weighted by molar-refractivity contribution is 8.01. The van der Waals surface area contributed by atoms with Gasteiger partial charge in [-0.1, -0.05) is 35.2 Å². The Kier molecular flexibility index (Phi) is 8.86. The van der Waals surface area contributed by atoms with Crippen LogP contribution in [0.1, 0.15) is 29.1 Å². The van der Waals surface area contributed by atoms with E-state index in [1.54, 1.807) is 40.5 Å². The van der Waals surface area contributed by atoms with Crippen LogP contribution < -0.4 is 10.6 Å². The van der Waals surface area contributed by atoms with E-state index in [1.807, 2.05) is 19.9 Å². The minimum absolute atomic E-state index is 0.0385. The Morgan fingerprint density at radius 2 is 1.97 bits per heavy atom. The molecule has 0 saturated carbocycles. The molecule has 0 fully saturated rings. The summed E-state index contributed by atoms with van der Waals surface area (Å²) in [5.41, 5.74) is 1.17. The van der Waals surface area contributed by atoms with Gasteiger partial charge in [0.05, 0.1) is 5.75 Å². The molecule has 0 aliphatic carbocycles. The van der Waals surface area contributed by atoms with Crippen LogP contribution in [0, 0.1) is 0 Å². The van der Waals surface area contributed by atoms with Crippen molar-refractivity contribution in [1.82, 2.24) is 15.1 Å². The zero-order valence-corrected chi connectivity index (χ0v) is 19.9. The van der Waals surface area contributed by atoms with Crippen LogP contribution >= 0.6 is 34.4 Å². The first-order chi connectivity index (χ1) is 15.1. The summed E-state index contributed by atoms with van der Waals surface area (Å²) in [7, 11) is 0. The quantitative estimate of drug-likeness (QED) is 0.398. The van der Waals surface area contributed by atoms with E-state index < -0.39 is 0 Å². The van der Waals surface area contributed by atoms with Crippen LogP contribution in [0.2, 0.25) is 0 Å². The van der Waals surface area contributed by atoms with Crippen molar-refractivity contribution in [3.63, 3.8) is 0 Å². The van der Waals surface area contributed by atoms with Crippen LogP contribution in [0.3, 0.4) is 0 Å². The summed E-state index contributed by atoms with van der Waals surface area (Å²) in [6, 6.07) is 11.2. The maximum atomic E-state index is 12.5. The van der Waals surface area contributed by atoms with E-state index in [2.05, 4.69) is 32.3 Å². The number of thioether (sulfide) groups is 1. The van der Waals surface area contributed by atoms with Crippen molar-refractivity contribution in [3.8, 4) is 0 Å². The third-order valence-electron chi connectivity index (χ3n) is 4.40. The molecule has 0 saturated heterocycles. The Labute approximate surface area is 194 Å². The summed E-state index contributed by atoms with van der Waals surface area (Å²) in [5, 5.41) is 17.2. The fourth-order valence-corrected chi connectivity index (χ4v) is 5.12. The van der Waals surface area contributed by atoms with Gasteiger partial charge in [0.1, 0.15) is 0 Å². The number of carbonyl (C=O) groups excluding carboxylic acids is 2. The van der Waals surface area contributed by atoms with Gasteiger partial charge >= 0.3 is 0 Å². The number of hydrogen-bond acceptors (Lipinski definition) is 8. The Bertz CT molecular complexity index is 987. The monoisotopic (exact) mass is 475 g/mol. The average molecular weight is 476 g/mol. The van der Waals surface area contributed by atoms with Crippen LogP contribution in [0.5, 0.6) is 0 Å². The molecule has 31 heavy (non-hydrogen) atoms. The molecule has 0 aliphatic heterocycles. The average Bonchev–Trinajstić information content (AvgIpc) is 3.45. The standard InChI is InChI=1S/C21H25N5O2S3/c1-3-26(4-2)19(28)15-7-5-8-16(13-15)23-18(27)14-30-21-25-24-20(31-21)22-11-10-17-9-6-12-29-17/h5-9,12-13H,3-4,10-11,14H2,1-2H3,(H,22,24)(H,23,27). The van der Waals surface area contributed by atoms with Crippen molar-refractivity contribution in [3.05, 3.63) is 52.2 Å². The third kappa shape index (κ3) is 7.05. The molecule has 0 aliphatic rings. The van der Waals surface area contributed by atoms with Gasteiger partial charge in [0.25, 0.3) is 5.91 Å². The SMILES string of the molecule is CCN(CC)C(=O)c1cccc(NC(=O)CSc2nnc(NCCc3cccs3)s2)c1. The number of nitrogens with one attached hydrogen (secondary N) is 2. The van der Waals surface area contributed by atoms with E-state index in [0.29, 0.717) is 24.3 Å². The zero-order valence-electron chi connectivity index (χ0n) is 17.5. The lowest BCUT2D eigenvalue weighted by atomic mass is 10.1. The molecule has 2 N–H and O–H groups in total. The summed E-state index contributed by atoms with van der Waals surface area (Å²) in [5.74, 6) is 0.0289. The predicted molar refractivity (Wildman–Crippen MR) is 129 cm³/mol. The molecule has 0 spiro atoms. The number of benzene rings is 1. The first kappa shape index (κ1) is 23.2. The van der Waals surface area contributed by atoms with Gasteiger partial charge in [-0.15, -0.1) is 21.5 Å². The smallest absolute Gasteiger partial charge is 0.253 e. The lowest BCUT2D eigenvalue weighted by Crippen LogP contribution is -2.30. The maximum absolute atomic E-state index is 12.5. The number of anilines is 2. The van der Waals surface area contributed by atoms with Crippen molar-refractivity contribution >= 4 is 57.1 Å². The van der Waals surface area contributed by atoms with Crippen molar-refractivity contribution in [1.29, 1.82) is 0 Å². The summed E-state index contributed by atoms with van der Waals surface area (Å²) in [4.78, 5) is 27.9. The Balaban J connectivity index is 1.45. The van der Waals surface area contributed by atoms with Crippen molar-refractivity contribution in [2.75, 3.05) is 36.0 Å². The fourth-order valence-electron chi connectivity index (χ4n) is 2.83. The first-order valence-corrected chi connectivity index (χ1v) is 12.7. The van der Waals surface area contributed by atoms with E-state index in [9.17, 15) is 9.59 Å². The molecule has 0 bridgehead atoms. The van der Waals surface area contributed by atoms with E-state index in [4.69, 9.17) is 0 Å². The van der Waals surface area contributed by atoms with E-state index in [0.717, 1.165) is 22.4 Å². The molecule has 2 aromatic heterocycles. The second kappa shape index (κ2) is 11.8. The van der Waals surface area contributed by atoms with Crippen molar-refractivity contribution < 1.29 is 9.59 Å². The molecule has 0 unspecified atom stereocenters. The predicted octanol–water partition coefficient (Wildman–Crippen LogP) is 4.47. The van der Waals surface area contributed by atoms with Crippen LogP contribution in [-0.2, 0) is 11.2 Å². The molecule has 2 heterocycles. The maximum Gasteiger partial charge on any atom is 0.253 e. The molecular formula is C21H25N5O2S3. The van der Waals surface area contributed by atoms with E-state index in [1.165, 1.54) is 28.0 Å². The number of aromatic nitrogens is 2. The summed E-state index contributed by atoms with van der Waals surface area (Å²) < 4.78 is 0.735. The molecular weight excluding hydrogens is 450 g/mol. The van der Waals surface area contributed by atoms with Crippen molar-refractivity contribution in [2.24, 2.45) is 0 Å². The Morgan fingerprint density at radius 3 is 2.71 bits per heavy atom. The minimum atomic E-state index is -0.153. The highest BCUT2D eigenvalue weighted by Crippen LogP contribution is 2.25. The van der Waals surface area contributed by atoms with Gasteiger partial charge in [-0.2, -0.15) is 0 Å². The number of carbonyl (C=O) groups is 2. The second-order valence-corrected chi connectivity index (χ2v) is 9.76. The molecule has 3 aromatic rings. The molecule has 3 rings (SSSR count). The lowest BCUT2D eigenvalue weighted by Gasteiger charge is -2.19. The molecule has 2 amide bonds. The van der Waals surface area contributed by atoms with Crippen molar-refractivity contribution in [2.45, 2.75) is 24.6 Å². The largest absolute Gasteiger partial charge is 0.360 e. The minimum Gasteiger partial charge on any atom is -0.360 e. The normalized spacial score (nSPS) is 10.6. The molecule has 0 atom stereocenters. The van der Waals surface area contributed by atoms with Gasteiger partial charge in [-0.25, -0.2) is 0 Å². The van der Waals surface area contributed by atoms with E-state index >= 15 is 0 Å². The second-order valence-electron chi connectivity index (χ2n) is 6.52. The Morgan fingerprint density at radius 1 is 1.13 bits per heavy atom. The molecule has 0 radical (unpaired) electrons. The molecule has 10 heteroatoms. The van der Waals surface area contributed by atoms with Gasteiger partial charge in [-0.05, 0) is 49.9 Å². The number of amides is 2. The molecule has 1 aromatic carbocycles. The zero-order chi connectivity index (χ0) is 22.1. The van der Waals surface area contributed by atoms with Crippen LogP contribution in [0.4, 0.5) is 10.8 Å².